The number of fused-ring (bicyclic) bond motifs is 1. The van der Waals surface area contributed by atoms with Gasteiger partial charge in [0, 0.05) is 4.70 Å². The van der Waals surface area contributed by atoms with Gasteiger partial charge in [-0.3, -0.25) is 0 Å². The lowest BCUT2D eigenvalue weighted by Gasteiger charge is -2.01. The zero-order valence-electron chi connectivity index (χ0n) is 8.08. The second kappa shape index (κ2) is 3.81. The molecule has 1 aromatic heterocycles. The zero-order chi connectivity index (χ0) is 9.97. The molecule has 2 aromatic rings. The molecule has 0 atom stereocenters. The molecular formula is C12H11NS. The number of benzene rings is 1. The van der Waals surface area contributed by atoms with Crippen LogP contribution >= 0.6 is 11.3 Å². The second-order valence-corrected chi connectivity index (χ2v) is 4.28. The van der Waals surface area contributed by atoms with Gasteiger partial charge in [0.05, 0.1) is 11.6 Å². The summed E-state index contributed by atoms with van der Waals surface area (Å²) in [5.74, 6) is 0. The van der Waals surface area contributed by atoms with E-state index < -0.39 is 0 Å². The molecule has 0 radical (unpaired) electrons. The SMILES string of the molecule is CCCc1cc2ccsc2cc1C#N. The van der Waals surface area contributed by atoms with Crippen molar-refractivity contribution in [3.63, 3.8) is 0 Å². The van der Waals surface area contributed by atoms with Gasteiger partial charge in [-0.15, -0.1) is 11.3 Å². The van der Waals surface area contributed by atoms with Crippen LogP contribution in [0.25, 0.3) is 10.1 Å². The van der Waals surface area contributed by atoms with E-state index in [9.17, 15) is 0 Å². The molecule has 0 bridgehead atoms. The lowest BCUT2D eigenvalue weighted by atomic mass is 10.0. The van der Waals surface area contributed by atoms with Crippen LogP contribution in [0.2, 0.25) is 0 Å². The summed E-state index contributed by atoms with van der Waals surface area (Å²) in [4.78, 5) is 0. The van der Waals surface area contributed by atoms with Crippen LogP contribution in [0.1, 0.15) is 24.5 Å². The van der Waals surface area contributed by atoms with Crippen LogP contribution in [0.4, 0.5) is 0 Å². The maximum Gasteiger partial charge on any atom is 0.0995 e. The fraction of sp³-hybridized carbons (Fsp3) is 0.250. The number of hydrogen-bond acceptors (Lipinski definition) is 2. The Kier molecular flexibility index (Phi) is 2.51. The smallest absolute Gasteiger partial charge is 0.0995 e. The highest BCUT2D eigenvalue weighted by molar-refractivity contribution is 7.17. The minimum Gasteiger partial charge on any atom is -0.192 e. The molecular weight excluding hydrogens is 190 g/mol. The predicted octanol–water partition coefficient (Wildman–Crippen LogP) is 3.73. The van der Waals surface area contributed by atoms with Gasteiger partial charge >= 0.3 is 0 Å². The van der Waals surface area contributed by atoms with Gasteiger partial charge < -0.3 is 0 Å². The summed E-state index contributed by atoms with van der Waals surface area (Å²) in [6.45, 7) is 2.14. The van der Waals surface area contributed by atoms with Crippen LogP contribution in [0, 0.1) is 11.3 Å². The first-order valence-electron chi connectivity index (χ1n) is 4.75. The van der Waals surface area contributed by atoms with Crippen molar-refractivity contribution in [2.24, 2.45) is 0 Å². The van der Waals surface area contributed by atoms with E-state index in [0.29, 0.717) is 0 Å². The van der Waals surface area contributed by atoms with E-state index in [1.807, 2.05) is 6.07 Å². The molecule has 70 valence electrons. The van der Waals surface area contributed by atoms with Crippen molar-refractivity contribution in [3.05, 3.63) is 34.7 Å². The normalized spacial score (nSPS) is 10.3. The topological polar surface area (TPSA) is 23.8 Å². The number of nitriles is 1. The molecule has 0 unspecified atom stereocenters. The number of rotatable bonds is 2. The third kappa shape index (κ3) is 1.51. The fourth-order valence-corrected chi connectivity index (χ4v) is 2.45. The third-order valence-electron chi connectivity index (χ3n) is 2.32. The Morgan fingerprint density at radius 2 is 2.29 bits per heavy atom. The molecule has 0 fully saturated rings. The summed E-state index contributed by atoms with van der Waals surface area (Å²) in [6.07, 6.45) is 2.08. The average molecular weight is 201 g/mol. The van der Waals surface area contributed by atoms with E-state index in [4.69, 9.17) is 5.26 Å². The van der Waals surface area contributed by atoms with Gasteiger partial charge in [-0.25, -0.2) is 0 Å². The number of nitrogens with zero attached hydrogens (tertiary/aromatic N) is 1. The minimum atomic E-state index is 0.835. The van der Waals surface area contributed by atoms with E-state index in [1.54, 1.807) is 11.3 Å². The molecule has 0 amide bonds. The third-order valence-corrected chi connectivity index (χ3v) is 3.20. The van der Waals surface area contributed by atoms with Crippen molar-refractivity contribution in [2.45, 2.75) is 19.8 Å². The van der Waals surface area contributed by atoms with Gasteiger partial charge in [-0.05, 0) is 40.9 Å². The summed E-state index contributed by atoms with van der Waals surface area (Å²) < 4.78 is 1.21. The van der Waals surface area contributed by atoms with Crippen molar-refractivity contribution in [1.29, 1.82) is 5.26 Å². The number of aryl methyl sites for hydroxylation is 1. The maximum absolute atomic E-state index is 9.00. The first kappa shape index (κ1) is 9.23. The largest absolute Gasteiger partial charge is 0.192 e. The van der Waals surface area contributed by atoms with E-state index >= 15 is 0 Å². The molecule has 2 heteroatoms. The first-order chi connectivity index (χ1) is 6.85. The lowest BCUT2D eigenvalue weighted by molar-refractivity contribution is 0.920. The van der Waals surface area contributed by atoms with Crippen LogP contribution < -0.4 is 0 Å². The maximum atomic E-state index is 9.00. The standard InChI is InChI=1S/C12H11NS/c1-2-3-9-6-10-4-5-14-12(10)7-11(9)8-13/h4-7H,2-3H2,1H3. The summed E-state index contributed by atoms with van der Waals surface area (Å²) in [7, 11) is 0. The van der Waals surface area contributed by atoms with Gasteiger partial charge in [0.2, 0.25) is 0 Å². The Labute approximate surface area is 87.6 Å². The van der Waals surface area contributed by atoms with E-state index in [-0.39, 0.29) is 0 Å². The Balaban J connectivity index is 2.62. The van der Waals surface area contributed by atoms with E-state index in [0.717, 1.165) is 18.4 Å². The second-order valence-electron chi connectivity index (χ2n) is 3.33. The van der Waals surface area contributed by atoms with Gasteiger partial charge in [0.1, 0.15) is 0 Å². The lowest BCUT2D eigenvalue weighted by Crippen LogP contribution is -1.88. The van der Waals surface area contributed by atoms with Crippen molar-refractivity contribution in [1.82, 2.24) is 0 Å². The monoisotopic (exact) mass is 201 g/mol. The summed E-state index contributed by atoms with van der Waals surface area (Å²) in [6, 6.07) is 8.53. The van der Waals surface area contributed by atoms with Crippen molar-refractivity contribution in [2.75, 3.05) is 0 Å². The van der Waals surface area contributed by atoms with Crippen LogP contribution in [-0.2, 0) is 6.42 Å². The first-order valence-corrected chi connectivity index (χ1v) is 5.63. The molecule has 2 rings (SSSR count). The van der Waals surface area contributed by atoms with Crippen LogP contribution in [0.5, 0.6) is 0 Å². The predicted molar refractivity (Wildman–Crippen MR) is 60.5 cm³/mol. The Morgan fingerprint density at radius 3 is 3.00 bits per heavy atom. The fourth-order valence-electron chi connectivity index (χ4n) is 1.64. The summed E-state index contributed by atoms with van der Waals surface area (Å²) in [5, 5.41) is 12.3. The molecule has 14 heavy (non-hydrogen) atoms. The Hall–Kier alpha value is -1.33. The molecule has 0 aliphatic rings. The molecule has 1 heterocycles. The highest BCUT2D eigenvalue weighted by Crippen LogP contribution is 2.25. The molecule has 0 saturated heterocycles. The van der Waals surface area contributed by atoms with Crippen molar-refractivity contribution in [3.8, 4) is 6.07 Å². The van der Waals surface area contributed by atoms with E-state index in [1.165, 1.54) is 15.6 Å². The molecule has 0 spiro atoms. The van der Waals surface area contributed by atoms with Gasteiger partial charge in [0.15, 0.2) is 0 Å². The Bertz CT molecular complexity index is 490. The average Bonchev–Trinajstić information content (AvgIpc) is 2.64. The zero-order valence-corrected chi connectivity index (χ0v) is 8.90. The molecule has 0 saturated carbocycles. The summed E-state index contributed by atoms with van der Waals surface area (Å²) in [5.41, 5.74) is 2.02. The molecule has 0 aliphatic heterocycles. The molecule has 1 nitrogen and oxygen atoms in total. The van der Waals surface area contributed by atoms with Crippen LogP contribution in [0.15, 0.2) is 23.6 Å². The minimum absolute atomic E-state index is 0.835. The van der Waals surface area contributed by atoms with Gasteiger partial charge in [-0.2, -0.15) is 5.26 Å². The van der Waals surface area contributed by atoms with E-state index in [2.05, 4.69) is 30.5 Å². The van der Waals surface area contributed by atoms with Crippen molar-refractivity contribution >= 4 is 21.4 Å². The number of thiophene rings is 1. The van der Waals surface area contributed by atoms with Crippen LogP contribution in [0.3, 0.4) is 0 Å². The molecule has 0 aliphatic carbocycles. The highest BCUT2D eigenvalue weighted by Gasteiger charge is 2.04. The Morgan fingerprint density at radius 1 is 1.43 bits per heavy atom. The van der Waals surface area contributed by atoms with Crippen LogP contribution in [-0.4, -0.2) is 0 Å². The summed E-state index contributed by atoms with van der Waals surface area (Å²) >= 11 is 1.69. The van der Waals surface area contributed by atoms with Crippen molar-refractivity contribution < 1.29 is 0 Å². The van der Waals surface area contributed by atoms with Gasteiger partial charge in [0.25, 0.3) is 0 Å². The molecule has 0 N–H and O–H groups in total. The van der Waals surface area contributed by atoms with Gasteiger partial charge in [-0.1, -0.05) is 13.3 Å². The quantitative estimate of drug-likeness (QED) is 0.726. The highest BCUT2D eigenvalue weighted by atomic mass is 32.1. The molecule has 1 aromatic carbocycles. The number of hydrogen-bond donors (Lipinski definition) is 0.